The van der Waals surface area contributed by atoms with E-state index < -0.39 is 0 Å². The number of nitrogens with zero attached hydrogens (tertiary/aromatic N) is 2. The van der Waals surface area contributed by atoms with E-state index in [1.54, 1.807) is 6.07 Å². The van der Waals surface area contributed by atoms with Gasteiger partial charge in [-0.1, -0.05) is 22.4 Å². The Balaban J connectivity index is 1.94. The molecule has 1 aliphatic rings. The van der Waals surface area contributed by atoms with Gasteiger partial charge in [0.1, 0.15) is 17.9 Å². The maximum Gasteiger partial charge on any atom is 0.225 e. The summed E-state index contributed by atoms with van der Waals surface area (Å²) < 4.78 is 19.8. The van der Waals surface area contributed by atoms with E-state index in [4.69, 9.17) is 4.74 Å². The zero-order chi connectivity index (χ0) is 13.9. The molecule has 1 aliphatic carbocycles. The summed E-state index contributed by atoms with van der Waals surface area (Å²) in [7, 11) is 0. The molecule has 0 unspecified atom stereocenters. The van der Waals surface area contributed by atoms with Crippen molar-refractivity contribution in [1.82, 2.24) is 9.97 Å². The lowest BCUT2D eigenvalue weighted by Gasteiger charge is -2.11. The van der Waals surface area contributed by atoms with Crippen molar-refractivity contribution in [2.75, 3.05) is 0 Å². The Bertz CT molecular complexity index is 613. The van der Waals surface area contributed by atoms with Gasteiger partial charge in [0.15, 0.2) is 0 Å². The van der Waals surface area contributed by atoms with Crippen molar-refractivity contribution in [3.63, 3.8) is 0 Å². The van der Waals surface area contributed by atoms with Gasteiger partial charge >= 0.3 is 0 Å². The number of hydrogen-bond acceptors (Lipinski definition) is 3. The lowest BCUT2D eigenvalue weighted by molar-refractivity contribution is 0.448. The Morgan fingerprint density at radius 3 is 2.75 bits per heavy atom. The van der Waals surface area contributed by atoms with Gasteiger partial charge in [-0.3, -0.25) is 0 Å². The average Bonchev–Trinajstić information content (AvgIpc) is 2.63. The van der Waals surface area contributed by atoms with Crippen molar-refractivity contribution >= 4 is 15.9 Å². The number of aromatic nitrogens is 2. The third-order valence-corrected chi connectivity index (χ3v) is 3.84. The minimum Gasteiger partial charge on any atom is -0.438 e. The summed E-state index contributed by atoms with van der Waals surface area (Å²) in [6.07, 6.45) is 6.86. The summed E-state index contributed by atoms with van der Waals surface area (Å²) in [5.41, 5.74) is 2.12. The first-order valence-electron chi connectivity index (χ1n) is 6.69. The van der Waals surface area contributed by atoms with Crippen LogP contribution in [0.2, 0.25) is 0 Å². The zero-order valence-electron chi connectivity index (χ0n) is 10.9. The predicted molar refractivity (Wildman–Crippen MR) is 77.5 cm³/mol. The molecule has 1 aromatic carbocycles. The van der Waals surface area contributed by atoms with Crippen LogP contribution in [0.15, 0.2) is 29.0 Å². The Morgan fingerprint density at radius 2 is 1.90 bits per heavy atom. The third-order valence-electron chi connectivity index (χ3n) is 3.39. The molecular formula is C15H14BrFN2O. The molecule has 0 spiro atoms. The number of benzene rings is 1. The summed E-state index contributed by atoms with van der Waals surface area (Å²) in [5, 5.41) is 0. The number of ether oxygens (including phenoxy) is 1. The van der Waals surface area contributed by atoms with E-state index in [9.17, 15) is 4.39 Å². The molecule has 0 atom stereocenters. The zero-order valence-corrected chi connectivity index (χ0v) is 12.5. The summed E-state index contributed by atoms with van der Waals surface area (Å²) in [4.78, 5) is 8.56. The van der Waals surface area contributed by atoms with Gasteiger partial charge in [-0.2, -0.15) is 0 Å². The Morgan fingerprint density at radius 1 is 1.05 bits per heavy atom. The molecule has 0 amide bonds. The van der Waals surface area contributed by atoms with E-state index in [2.05, 4.69) is 25.9 Å². The van der Waals surface area contributed by atoms with E-state index in [1.165, 1.54) is 24.9 Å². The first kappa shape index (κ1) is 13.5. The molecule has 1 heterocycles. The van der Waals surface area contributed by atoms with E-state index in [0.717, 1.165) is 36.9 Å². The van der Waals surface area contributed by atoms with Gasteiger partial charge in [0.2, 0.25) is 5.88 Å². The largest absolute Gasteiger partial charge is 0.438 e. The molecule has 0 saturated carbocycles. The topological polar surface area (TPSA) is 35.0 Å². The number of aryl methyl sites for hydroxylation is 1. The molecular weight excluding hydrogens is 323 g/mol. The Labute approximate surface area is 125 Å². The molecule has 0 bridgehead atoms. The van der Waals surface area contributed by atoms with E-state index in [1.807, 2.05) is 0 Å². The molecule has 5 heteroatoms. The second-order valence-corrected chi connectivity index (χ2v) is 5.79. The van der Waals surface area contributed by atoms with E-state index in [0.29, 0.717) is 16.1 Å². The lowest BCUT2D eigenvalue weighted by Crippen LogP contribution is -2.01. The van der Waals surface area contributed by atoms with Crippen molar-refractivity contribution in [1.29, 1.82) is 0 Å². The Kier molecular flexibility index (Phi) is 3.96. The van der Waals surface area contributed by atoms with Crippen LogP contribution in [-0.4, -0.2) is 9.97 Å². The highest BCUT2D eigenvalue weighted by Crippen LogP contribution is 2.30. The maximum atomic E-state index is 13.4. The van der Waals surface area contributed by atoms with Crippen LogP contribution in [0.1, 0.15) is 30.5 Å². The quantitative estimate of drug-likeness (QED) is 0.760. The molecule has 20 heavy (non-hydrogen) atoms. The molecule has 104 valence electrons. The second kappa shape index (κ2) is 5.87. The van der Waals surface area contributed by atoms with Crippen LogP contribution in [0.3, 0.4) is 0 Å². The fraction of sp³-hybridized carbons (Fsp3) is 0.333. The minimum absolute atomic E-state index is 0.338. The van der Waals surface area contributed by atoms with E-state index >= 15 is 0 Å². The molecule has 2 aromatic rings. The first-order valence-corrected chi connectivity index (χ1v) is 7.48. The SMILES string of the molecule is Fc1cc(Br)cc(Oc2ncnc3c2CCCCC3)c1. The first-order chi connectivity index (χ1) is 9.72. The number of halogens is 2. The molecule has 0 fully saturated rings. The van der Waals surface area contributed by atoms with Crippen molar-refractivity contribution < 1.29 is 9.13 Å². The fourth-order valence-corrected chi connectivity index (χ4v) is 2.90. The molecule has 0 saturated heterocycles. The van der Waals surface area contributed by atoms with Crippen molar-refractivity contribution in [2.45, 2.75) is 32.1 Å². The van der Waals surface area contributed by atoms with Crippen LogP contribution in [0, 0.1) is 5.82 Å². The van der Waals surface area contributed by atoms with Crippen LogP contribution < -0.4 is 4.74 Å². The standard InChI is InChI=1S/C15H14BrFN2O/c16-10-6-11(17)8-12(7-10)20-15-13-4-2-1-3-5-14(13)18-9-19-15/h6-9H,1-5H2. The monoisotopic (exact) mass is 336 g/mol. The van der Waals surface area contributed by atoms with Gasteiger partial charge in [0, 0.05) is 16.1 Å². The van der Waals surface area contributed by atoms with Crippen LogP contribution in [0.25, 0.3) is 0 Å². The third kappa shape index (κ3) is 2.98. The summed E-state index contributed by atoms with van der Waals surface area (Å²) in [5.74, 6) is 0.658. The maximum absolute atomic E-state index is 13.4. The Hall–Kier alpha value is -1.49. The lowest BCUT2D eigenvalue weighted by atomic mass is 10.1. The molecule has 3 nitrogen and oxygen atoms in total. The minimum atomic E-state index is -0.338. The van der Waals surface area contributed by atoms with Crippen LogP contribution in [-0.2, 0) is 12.8 Å². The molecule has 3 rings (SSSR count). The summed E-state index contributed by atoms with van der Waals surface area (Å²) in [6.45, 7) is 0. The van der Waals surface area contributed by atoms with Crippen molar-refractivity contribution in [3.8, 4) is 11.6 Å². The van der Waals surface area contributed by atoms with Gasteiger partial charge in [0.25, 0.3) is 0 Å². The number of fused-ring (bicyclic) bond motifs is 1. The normalized spacial score (nSPS) is 14.5. The van der Waals surface area contributed by atoms with Gasteiger partial charge < -0.3 is 4.74 Å². The van der Waals surface area contributed by atoms with Crippen LogP contribution >= 0.6 is 15.9 Å². The molecule has 0 radical (unpaired) electrons. The molecule has 0 N–H and O–H groups in total. The van der Waals surface area contributed by atoms with Gasteiger partial charge in [-0.15, -0.1) is 0 Å². The number of rotatable bonds is 2. The predicted octanol–water partition coefficient (Wildman–Crippen LogP) is 4.44. The second-order valence-electron chi connectivity index (χ2n) is 4.87. The van der Waals surface area contributed by atoms with Gasteiger partial charge in [-0.25, -0.2) is 14.4 Å². The van der Waals surface area contributed by atoms with Crippen molar-refractivity contribution in [3.05, 3.63) is 46.1 Å². The van der Waals surface area contributed by atoms with Gasteiger partial charge in [-0.05, 0) is 37.8 Å². The molecule has 1 aromatic heterocycles. The van der Waals surface area contributed by atoms with E-state index in [-0.39, 0.29) is 5.82 Å². The highest BCUT2D eigenvalue weighted by Gasteiger charge is 2.16. The summed E-state index contributed by atoms with van der Waals surface area (Å²) in [6, 6.07) is 4.48. The average molecular weight is 337 g/mol. The smallest absolute Gasteiger partial charge is 0.225 e. The highest BCUT2D eigenvalue weighted by molar-refractivity contribution is 9.10. The van der Waals surface area contributed by atoms with Gasteiger partial charge in [0.05, 0.1) is 5.69 Å². The number of hydrogen-bond donors (Lipinski definition) is 0. The fourth-order valence-electron chi connectivity index (χ4n) is 2.45. The summed E-state index contributed by atoms with van der Waals surface area (Å²) >= 11 is 3.26. The molecule has 0 aliphatic heterocycles. The van der Waals surface area contributed by atoms with Crippen LogP contribution in [0.4, 0.5) is 4.39 Å². The van der Waals surface area contributed by atoms with Crippen molar-refractivity contribution in [2.24, 2.45) is 0 Å². The highest BCUT2D eigenvalue weighted by atomic mass is 79.9. The van der Waals surface area contributed by atoms with Crippen LogP contribution in [0.5, 0.6) is 11.6 Å².